The minimum absolute atomic E-state index is 0.0408. The number of sulfone groups is 1. The summed E-state index contributed by atoms with van der Waals surface area (Å²) in [4.78, 5) is 15.7. The van der Waals surface area contributed by atoms with E-state index in [-0.39, 0.29) is 21.2 Å². The standard InChI is InChI=1S/C21H20F2N2O3S/c1-14-8-10-24(11-9-14)21(26)20-13-25(15-6-7-16(22)17(23)12-15)18-4-2-3-5-19(18)29(20,27)28/h2-7,12-14H,8-11H2,1H3. The van der Waals surface area contributed by atoms with Crippen molar-refractivity contribution in [2.75, 3.05) is 18.0 Å². The number of benzene rings is 2. The smallest absolute Gasteiger partial charge is 0.267 e. The Bertz CT molecular complexity index is 1110. The Balaban J connectivity index is 1.82. The maximum absolute atomic E-state index is 13.8. The molecule has 152 valence electrons. The Morgan fingerprint density at radius 1 is 1.03 bits per heavy atom. The Hall–Kier alpha value is -2.74. The number of anilines is 2. The fourth-order valence-electron chi connectivity index (χ4n) is 3.64. The largest absolute Gasteiger partial charge is 0.338 e. The van der Waals surface area contributed by atoms with Crippen LogP contribution in [0.15, 0.2) is 58.5 Å². The number of rotatable bonds is 2. The van der Waals surface area contributed by atoms with Gasteiger partial charge in [-0.3, -0.25) is 4.79 Å². The van der Waals surface area contributed by atoms with E-state index in [0.717, 1.165) is 25.0 Å². The van der Waals surface area contributed by atoms with Gasteiger partial charge in [0.25, 0.3) is 5.91 Å². The van der Waals surface area contributed by atoms with Crippen molar-refractivity contribution in [3.63, 3.8) is 0 Å². The molecule has 1 amide bonds. The van der Waals surface area contributed by atoms with Gasteiger partial charge in [0.05, 0.1) is 10.6 Å². The summed E-state index contributed by atoms with van der Waals surface area (Å²) in [6.45, 7) is 3.07. The Kier molecular flexibility index (Phi) is 4.90. The van der Waals surface area contributed by atoms with Gasteiger partial charge >= 0.3 is 0 Å². The van der Waals surface area contributed by atoms with E-state index >= 15 is 0 Å². The summed E-state index contributed by atoms with van der Waals surface area (Å²) in [6.07, 6.45) is 2.83. The maximum Gasteiger partial charge on any atom is 0.267 e. The van der Waals surface area contributed by atoms with Crippen LogP contribution in [0.3, 0.4) is 0 Å². The van der Waals surface area contributed by atoms with E-state index in [1.165, 1.54) is 23.2 Å². The number of halogens is 2. The van der Waals surface area contributed by atoms with Crippen LogP contribution in [0.25, 0.3) is 0 Å². The number of hydrogen-bond donors (Lipinski definition) is 0. The van der Waals surface area contributed by atoms with Crippen LogP contribution in [-0.2, 0) is 14.6 Å². The first kappa shape index (κ1) is 19.6. The minimum atomic E-state index is -4.04. The van der Waals surface area contributed by atoms with Gasteiger partial charge in [0.1, 0.15) is 0 Å². The fourth-order valence-corrected chi connectivity index (χ4v) is 5.18. The molecule has 2 aliphatic heterocycles. The predicted octanol–water partition coefficient (Wildman–Crippen LogP) is 3.99. The van der Waals surface area contributed by atoms with Gasteiger partial charge in [0, 0.05) is 31.0 Å². The third-order valence-corrected chi connectivity index (χ3v) is 7.20. The summed E-state index contributed by atoms with van der Waals surface area (Å²) in [5.74, 6) is -2.15. The third-order valence-electron chi connectivity index (χ3n) is 5.41. The number of hydrogen-bond acceptors (Lipinski definition) is 4. The lowest BCUT2D eigenvalue weighted by atomic mass is 9.99. The zero-order chi connectivity index (χ0) is 20.8. The van der Waals surface area contributed by atoms with E-state index < -0.39 is 27.4 Å². The lowest BCUT2D eigenvalue weighted by Crippen LogP contribution is -2.41. The maximum atomic E-state index is 13.8. The highest BCUT2D eigenvalue weighted by molar-refractivity contribution is 7.96. The van der Waals surface area contributed by atoms with Crippen LogP contribution in [0.5, 0.6) is 0 Å². The first-order valence-electron chi connectivity index (χ1n) is 9.38. The molecule has 0 aliphatic carbocycles. The SMILES string of the molecule is CC1CCN(C(=O)C2=CN(c3ccc(F)c(F)c3)c3ccccc3S2(=O)=O)CC1. The van der Waals surface area contributed by atoms with Crippen LogP contribution in [0.4, 0.5) is 20.2 Å². The molecule has 2 aromatic carbocycles. The average Bonchev–Trinajstić information content (AvgIpc) is 2.70. The minimum Gasteiger partial charge on any atom is -0.338 e. The molecule has 8 heteroatoms. The molecule has 5 nitrogen and oxygen atoms in total. The Morgan fingerprint density at radius 2 is 1.72 bits per heavy atom. The van der Waals surface area contributed by atoms with Crippen molar-refractivity contribution < 1.29 is 22.0 Å². The van der Waals surface area contributed by atoms with Gasteiger partial charge in [-0.2, -0.15) is 0 Å². The van der Waals surface area contributed by atoms with Crippen LogP contribution < -0.4 is 4.90 Å². The van der Waals surface area contributed by atoms with E-state index in [9.17, 15) is 22.0 Å². The molecule has 29 heavy (non-hydrogen) atoms. The van der Waals surface area contributed by atoms with Crippen LogP contribution in [0.2, 0.25) is 0 Å². The number of amides is 1. The molecule has 0 bridgehead atoms. The first-order valence-corrected chi connectivity index (χ1v) is 10.9. The van der Waals surface area contributed by atoms with Crippen LogP contribution >= 0.6 is 0 Å². The average molecular weight is 418 g/mol. The van der Waals surface area contributed by atoms with E-state index in [1.54, 1.807) is 23.1 Å². The quantitative estimate of drug-likeness (QED) is 0.740. The highest BCUT2D eigenvalue weighted by Gasteiger charge is 2.38. The topological polar surface area (TPSA) is 57.7 Å². The molecule has 0 radical (unpaired) electrons. The molecular formula is C21H20F2N2O3S. The van der Waals surface area contributed by atoms with Gasteiger partial charge in [0.2, 0.25) is 9.84 Å². The number of likely N-dealkylation sites (tertiary alicyclic amines) is 1. The second-order valence-electron chi connectivity index (χ2n) is 7.41. The molecule has 4 rings (SSSR count). The van der Waals surface area contributed by atoms with Crippen molar-refractivity contribution in [2.24, 2.45) is 5.92 Å². The summed E-state index contributed by atoms with van der Waals surface area (Å²) < 4.78 is 53.6. The highest BCUT2D eigenvalue weighted by Crippen LogP contribution is 2.40. The van der Waals surface area contributed by atoms with E-state index in [2.05, 4.69) is 6.92 Å². The molecule has 2 aliphatic rings. The number of carbonyl (C=O) groups excluding carboxylic acids is 1. The number of fused-ring (bicyclic) bond motifs is 1. The Labute approximate surface area is 168 Å². The van der Waals surface area contributed by atoms with Crippen molar-refractivity contribution in [2.45, 2.75) is 24.7 Å². The molecule has 0 unspecified atom stereocenters. The molecular weight excluding hydrogens is 398 g/mol. The van der Waals surface area contributed by atoms with E-state index in [0.29, 0.717) is 19.0 Å². The molecule has 0 N–H and O–H groups in total. The molecule has 0 atom stereocenters. The zero-order valence-electron chi connectivity index (χ0n) is 15.8. The monoisotopic (exact) mass is 418 g/mol. The van der Waals surface area contributed by atoms with Gasteiger partial charge in [-0.1, -0.05) is 19.1 Å². The van der Waals surface area contributed by atoms with E-state index in [1.807, 2.05) is 0 Å². The first-order chi connectivity index (χ1) is 13.8. The van der Waals surface area contributed by atoms with Crippen LogP contribution in [0, 0.1) is 17.6 Å². The summed E-state index contributed by atoms with van der Waals surface area (Å²) >= 11 is 0. The number of carbonyl (C=O) groups is 1. The third kappa shape index (κ3) is 3.42. The number of nitrogens with zero attached hydrogens (tertiary/aromatic N) is 2. The van der Waals surface area contributed by atoms with Gasteiger partial charge in [-0.15, -0.1) is 0 Å². The molecule has 0 aromatic heterocycles. The molecule has 0 spiro atoms. The van der Waals surface area contributed by atoms with Crippen molar-refractivity contribution in [1.29, 1.82) is 0 Å². The van der Waals surface area contributed by atoms with Crippen LogP contribution in [-0.4, -0.2) is 32.3 Å². The molecule has 1 saturated heterocycles. The summed E-state index contributed by atoms with van der Waals surface area (Å²) in [5, 5.41) is 0. The highest BCUT2D eigenvalue weighted by atomic mass is 32.2. The van der Waals surface area contributed by atoms with E-state index in [4.69, 9.17) is 0 Å². The fraction of sp³-hybridized carbons (Fsp3) is 0.286. The lowest BCUT2D eigenvalue weighted by molar-refractivity contribution is -0.127. The molecule has 2 heterocycles. The summed E-state index contributed by atoms with van der Waals surface area (Å²) in [6, 6.07) is 9.48. The predicted molar refractivity (Wildman–Crippen MR) is 105 cm³/mol. The second kappa shape index (κ2) is 7.26. The Morgan fingerprint density at radius 3 is 2.41 bits per heavy atom. The van der Waals surface area contributed by atoms with Crippen molar-refractivity contribution in [3.05, 3.63) is 65.2 Å². The normalized spacial score (nSPS) is 18.9. The van der Waals surface area contributed by atoms with Crippen molar-refractivity contribution >= 4 is 27.1 Å². The second-order valence-corrected chi connectivity index (χ2v) is 9.29. The molecule has 1 fully saturated rings. The lowest BCUT2D eigenvalue weighted by Gasteiger charge is -2.33. The van der Waals surface area contributed by atoms with Gasteiger partial charge in [-0.05, 0) is 43.0 Å². The summed E-state index contributed by atoms with van der Waals surface area (Å²) in [5.41, 5.74) is 0.506. The summed E-state index contributed by atoms with van der Waals surface area (Å²) in [7, 11) is -4.04. The molecule has 0 saturated carbocycles. The van der Waals surface area contributed by atoms with Gasteiger partial charge in [0.15, 0.2) is 16.5 Å². The van der Waals surface area contributed by atoms with Crippen molar-refractivity contribution in [1.82, 2.24) is 4.90 Å². The van der Waals surface area contributed by atoms with Crippen LogP contribution in [0.1, 0.15) is 19.8 Å². The zero-order valence-corrected chi connectivity index (χ0v) is 16.6. The number of para-hydroxylation sites is 1. The van der Waals surface area contributed by atoms with Crippen molar-refractivity contribution in [3.8, 4) is 0 Å². The number of piperidine rings is 1. The van der Waals surface area contributed by atoms with Gasteiger partial charge < -0.3 is 9.80 Å². The van der Waals surface area contributed by atoms with Gasteiger partial charge in [-0.25, -0.2) is 17.2 Å². The molecule has 2 aromatic rings.